The third-order valence-electron chi connectivity index (χ3n) is 4.09. The molecule has 3 heteroatoms. The zero-order valence-electron chi connectivity index (χ0n) is 11.3. The van der Waals surface area contributed by atoms with Gasteiger partial charge in [0.25, 0.3) is 0 Å². The fourth-order valence-corrected chi connectivity index (χ4v) is 3.11. The van der Waals surface area contributed by atoms with Gasteiger partial charge in [-0.1, -0.05) is 25.7 Å². The van der Waals surface area contributed by atoms with Crippen LogP contribution in [0.3, 0.4) is 0 Å². The summed E-state index contributed by atoms with van der Waals surface area (Å²) in [5.74, 6) is 0.730. The van der Waals surface area contributed by atoms with Gasteiger partial charge in [-0.25, -0.2) is 0 Å². The number of hydrogen-bond acceptors (Lipinski definition) is 2. The fourth-order valence-electron chi connectivity index (χ4n) is 3.11. The normalized spacial score (nSPS) is 26.6. The number of carbonyl (C=O) groups excluding carboxylic acids is 1. The highest BCUT2D eigenvalue weighted by Crippen LogP contribution is 2.25. The molecule has 98 valence electrons. The van der Waals surface area contributed by atoms with Crippen molar-refractivity contribution >= 4 is 5.91 Å². The molecule has 1 aliphatic carbocycles. The smallest absolute Gasteiger partial charge is 0.225 e. The third-order valence-corrected chi connectivity index (χ3v) is 4.09. The highest BCUT2D eigenvalue weighted by Gasteiger charge is 2.32. The van der Waals surface area contributed by atoms with E-state index in [9.17, 15) is 4.79 Å². The summed E-state index contributed by atoms with van der Waals surface area (Å²) in [5, 5.41) is 3.46. The molecule has 1 amide bonds. The molecule has 1 aliphatic heterocycles. The predicted octanol–water partition coefficient (Wildman–Crippen LogP) is 2.17. The van der Waals surface area contributed by atoms with E-state index in [0.29, 0.717) is 11.8 Å². The molecule has 1 heterocycles. The van der Waals surface area contributed by atoms with Crippen molar-refractivity contribution < 1.29 is 4.79 Å². The number of piperazine rings is 1. The lowest BCUT2D eigenvalue weighted by Crippen LogP contribution is -2.59. The van der Waals surface area contributed by atoms with E-state index in [0.717, 1.165) is 32.5 Å². The van der Waals surface area contributed by atoms with Gasteiger partial charge in [0.05, 0.1) is 0 Å². The Morgan fingerprint density at radius 1 is 1.18 bits per heavy atom. The number of hydrogen-bond donors (Lipinski definition) is 1. The molecule has 1 N–H and O–H groups in total. The second kappa shape index (κ2) is 5.38. The second-order valence-electron chi connectivity index (χ2n) is 6.26. The van der Waals surface area contributed by atoms with E-state index in [2.05, 4.69) is 24.1 Å². The van der Waals surface area contributed by atoms with Crippen LogP contribution < -0.4 is 5.32 Å². The van der Waals surface area contributed by atoms with Gasteiger partial charge in [-0.2, -0.15) is 0 Å². The van der Waals surface area contributed by atoms with E-state index in [1.807, 2.05) is 0 Å². The molecule has 17 heavy (non-hydrogen) atoms. The van der Waals surface area contributed by atoms with Crippen LogP contribution in [-0.4, -0.2) is 36.0 Å². The van der Waals surface area contributed by atoms with E-state index in [1.54, 1.807) is 0 Å². The quantitative estimate of drug-likeness (QED) is 0.710. The number of carbonyl (C=O) groups is 1. The minimum atomic E-state index is 0.0820. The maximum Gasteiger partial charge on any atom is 0.225 e. The van der Waals surface area contributed by atoms with Crippen LogP contribution in [0.5, 0.6) is 0 Å². The van der Waals surface area contributed by atoms with Crippen molar-refractivity contribution in [3.8, 4) is 0 Å². The number of rotatable bonds is 1. The number of amides is 1. The summed E-state index contributed by atoms with van der Waals surface area (Å²) < 4.78 is 0. The molecule has 2 fully saturated rings. The van der Waals surface area contributed by atoms with Crippen LogP contribution in [0, 0.1) is 5.92 Å². The van der Waals surface area contributed by atoms with Crippen LogP contribution in [0.4, 0.5) is 0 Å². The topological polar surface area (TPSA) is 32.3 Å². The molecule has 0 atom stereocenters. The minimum Gasteiger partial charge on any atom is -0.339 e. The van der Waals surface area contributed by atoms with Crippen molar-refractivity contribution in [3.63, 3.8) is 0 Å². The van der Waals surface area contributed by atoms with Crippen LogP contribution in [0.25, 0.3) is 0 Å². The van der Waals surface area contributed by atoms with E-state index in [4.69, 9.17) is 0 Å². The van der Waals surface area contributed by atoms with E-state index in [1.165, 1.54) is 25.7 Å². The fraction of sp³-hybridized carbons (Fsp3) is 0.929. The van der Waals surface area contributed by atoms with Gasteiger partial charge in [0, 0.05) is 31.1 Å². The Hall–Kier alpha value is -0.570. The Labute approximate surface area is 105 Å². The molecule has 1 saturated carbocycles. The van der Waals surface area contributed by atoms with Gasteiger partial charge in [-0.05, 0) is 26.7 Å². The number of nitrogens with zero attached hydrogens (tertiary/aromatic N) is 1. The lowest BCUT2D eigenvalue weighted by atomic mass is 9.96. The molecule has 0 aromatic carbocycles. The van der Waals surface area contributed by atoms with Crippen molar-refractivity contribution in [1.29, 1.82) is 0 Å². The van der Waals surface area contributed by atoms with Crippen LogP contribution in [0.15, 0.2) is 0 Å². The lowest BCUT2D eigenvalue weighted by molar-refractivity contribution is -0.138. The zero-order chi connectivity index (χ0) is 12.3. The molecule has 3 nitrogen and oxygen atoms in total. The van der Waals surface area contributed by atoms with Gasteiger partial charge < -0.3 is 10.2 Å². The average Bonchev–Trinajstić information content (AvgIpc) is 2.55. The first-order chi connectivity index (χ1) is 8.08. The SMILES string of the molecule is CC1(C)CN(C(=O)C2CCCCCC2)CCN1. The Morgan fingerprint density at radius 2 is 1.82 bits per heavy atom. The zero-order valence-corrected chi connectivity index (χ0v) is 11.3. The number of nitrogens with one attached hydrogen (secondary N) is 1. The Bertz CT molecular complexity index is 267. The van der Waals surface area contributed by atoms with Crippen molar-refractivity contribution in [2.75, 3.05) is 19.6 Å². The van der Waals surface area contributed by atoms with Crippen LogP contribution in [0.2, 0.25) is 0 Å². The molecule has 0 spiro atoms. The molecule has 0 aromatic rings. The lowest BCUT2D eigenvalue weighted by Gasteiger charge is -2.40. The summed E-state index contributed by atoms with van der Waals surface area (Å²) in [6, 6.07) is 0. The van der Waals surface area contributed by atoms with Gasteiger partial charge >= 0.3 is 0 Å². The molecule has 0 radical (unpaired) electrons. The summed E-state index contributed by atoms with van der Waals surface area (Å²) >= 11 is 0. The monoisotopic (exact) mass is 238 g/mol. The summed E-state index contributed by atoms with van der Waals surface area (Å²) in [7, 11) is 0. The molecule has 0 aromatic heterocycles. The van der Waals surface area contributed by atoms with Crippen molar-refractivity contribution in [3.05, 3.63) is 0 Å². The van der Waals surface area contributed by atoms with Crippen LogP contribution >= 0.6 is 0 Å². The van der Waals surface area contributed by atoms with Crippen LogP contribution in [-0.2, 0) is 4.79 Å². The van der Waals surface area contributed by atoms with Crippen LogP contribution in [0.1, 0.15) is 52.4 Å². The predicted molar refractivity (Wildman–Crippen MR) is 69.9 cm³/mol. The maximum absolute atomic E-state index is 12.5. The standard InChI is InChI=1S/C14H26N2O/c1-14(2)11-16(10-9-15-14)13(17)12-7-5-3-4-6-8-12/h12,15H,3-11H2,1-2H3. The molecule has 0 unspecified atom stereocenters. The first kappa shape index (κ1) is 12.9. The van der Waals surface area contributed by atoms with Gasteiger partial charge in [0.15, 0.2) is 0 Å². The van der Waals surface area contributed by atoms with Gasteiger partial charge in [-0.15, -0.1) is 0 Å². The minimum absolute atomic E-state index is 0.0820. The summed E-state index contributed by atoms with van der Waals surface area (Å²) in [5.41, 5.74) is 0.0820. The highest BCUT2D eigenvalue weighted by molar-refractivity contribution is 5.79. The molecule has 0 bridgehead atoms. The average molecular weight is 238 g/mol. The molecular formula is C14H26N2O. The third kappa shape index (κ3) is 3.44. The maximum atomic E-state index is 12.5. The van der Waals surface area contributed by atoms with Gasteiger partial charge in [0.1, 0.15) is 0 Å². The Kier molecular flexibility index (Phi) is 4.08. The highest BCUT2D eigenvalue weighted by atomic mass is 16.2. The Balaban J connectivity index is 1.93. The second-order valence-corrected chi connectivity index (χ2v) is 6.26. The largest absolute Gasteiger partial charge is 0.339 e. The molecule has 2 aliphatic rings. The summed E-state index contributed by atoms with van der Waals surface area (Å²) in [6.45, 7) is 7.05. The van der Waals surface area contributed by atoms with E-state index in [-0.39, 0.29) is 5.54 Å². The van der Waals surface area contributed by atoms with Crippen molar-refractivity contribution in [1.82, 2.24) is 10.2 Å². The summed E-state index contributed by atoms with van der Waals surface area (Å²) in [6.07, 6.45) is 7.35. The van der Waals surface area contributed by atoms with E-state index < -0.39 is 0 Å². The first-order valence-corrected chi connectivity index (χ1v) is 7.12. The van der Waals surface area contributed by atoms with Gasteiger partial charge in [-0.3, -0.25) is 4.79 Å². The summed E-state index contributed by atoms with van der Waals surface area (Å²) in [4.78, 5) is 14.6. The van der Waals surface area contributed by atoms with E-state index >= 15 is 0 Å². The molecule has 1 saturated heterocycles. The first-order valence-electron chi connectivity index (χ1n) is 7.12. The van der Waals surface area contributed by atoms with Crippen molar-refractivity contribution in [2.45, 2.75) is 57.9 Å². The van der Waals surface area contributed by atoms with Gasteiger partial charge in [0.2, 0.25) is 5.91 Å². The Morgan fingerprint density at radius 3 is 2.41 bits per heavy atom. The van der Waals surface area contributed by atoms with Crippen molar-refractivity contribution in [2.24, 2.45) is 5.92 Å². The molecular weight excluding hydrogens is 212 g/mol. The molecule has 2 rings (SSSR count).